The molecular weight excluding hydrogens is 356 g/mol. The van der Waals surface area contributed by atoms with Crippen molar-refractivity contribution in [1.82, 2.24) is 10.2 Å². The summed E-state index contributed by atoms with van der Waals surface area (Å²) in [7, 11) is 1.78. The molecule has 0 fully saturated rings. The third-order valence-corrected chi connectivity index (χ3v) is 5.55. The van der Waals surface area contributed by atoms with Crippen molar-refractivity contribution < 1.29 is 9.21 Å². The van der Waals surface area contributed by atoms with E-state index in [2.05, 4.69) is 15.5 Å². The van der Waals surface area contributed by atoms with E-state index >= 15 is 0 Å². The maximum atomic E-state index is 12.6. The first kappa shape index (κ1) is 17.5. The first-order valence-corrected chi connectivity index (χ1v) is 9.42. The standard InChI is InChI=1S/C17H18N4O2S2/c1-12(15(22)21(2)13-7-4-3-5-8-13)24-17-20-19-16(25-17)18-11-14-9-6-10-23-14/h3-10,12H,11H2,1-2H3,(H,18,19). The minimum atomic E-state index is -0.254. The van der Waals surface area contributed by atoms with Crippen LogP contribution in [0.25, 0.3) is 0 Å². The lowest BCUT2D eigenvalue weighted by atomic mass is 10.3. The summed E-state index contributed by atoms with van der Waals surface area (Å²) < 4.78 is 6.02. The van der Waals surface area contributed by atoms with Crippen LogP contribution in [0.3, 0.4) is 0 Å². The average molecular weight is 374 g/mol. The van der Waals surface area contributed by atoms with Crippen LogP contribution in [0.1, 0.15) is 12.7 Å². The number of rotatable bonds is 7. The van der Waals surface area contributed by atoms with Crippen molar-refractivity contribution in [2.24, 2.45) is 0 Å². The number of para-hydroxylation sites is 1. The number of nitrogens with one attached hydrogen (secondary N) is 1. The van der Waals surface area contributed by atoms with Crippen LogP contribution in [-0.4, -0.2) is 28.4 Å². The second-order valence-electron chi connectivity index (χ2n) is 5.30. The van der Waals surface area contributed by atoms with Gasteiger partial charge in [-0.15, -0.1) is 10.2 Å². The Morgan fingerprint density at radius 1 is 1.28 bits per heavy atom. The van der Waals surface area contributed by atoms with E-state index in [1.165, 1.54) is 23.1 Å². The molecule has 2 aromatic heterocycles. The molecule has 1 amide bonds. The molecule has 0 radical (unpaired) electrons. The Labute approximate surface area is 154 Å². The number of aromatic nitrogens is 2. The van der Waals surface area contributed by atoms with Crippen molar-refractivity contribution in [3.05, 3.63) is 54.5 Å². The van der Waals surface area contributed by atoms with Crippen LogP contribution in [0.15, 0.2) is 57.5 Å². The molecule has 3 aromatic rings. The minimum Gasteiger partial charge on any atom is -0.467 e. The highest BCUT2D eigenvalue weighted by molar-refractivity contribution is 8.02. The van der Waals surface area contributed by atoms with Gasteiger partial charge in [-0.25, -0.2) is 0 Å². The summed E-state index contributed by atoms with van der Waals surface area (Å²) in [6.07, 6.45) is 1.63. The summed E-state index contributed by atoms with van der Waals surface area (Å²) in [6.45, 7) is 2.43. The zero-order chi connectivity index (χ0) is 17.6. The lowest BCUT2D eigenvalue weighted by Gasteiger charge is -2.20. The first-order valence-electron chi connectivity index (χ1n) is 7.72. The van der Waals surface area contributed by atoms with Gasteiger partial charge in [0.05, 0.1) is 18.1 Å². The Kier molecular flexibility index (Phi) is 5.72. The Morgan fingerprint density at radius 2 is 2.08 bits per heavy atom. The zero-order valence-corrected chi connectivity index (χ0v) is 15.5. The summed E-state index contributed by atoms with van der Waals surface area (Å²) >= 11 is 2.83. The monoisotopic (exact) mass is 374 g/mol. The van der Waals surface area contributed by atoms with Gasteiger partial charge < -0.3 is 14.6 Å². The van der Waals surface area contributed by atoms with Crippen LogP contribution < -0.4 is 10.2 Å². The summed E-state index contributed by atoms with van der Waals surface area (Å²) in [5, 5.41) is 11.9. The maximum Gasteiger partial charge on any atom is 0.240 e. The van der Waals surface area contributed by atoms with Crippen molar-refractivity contribution in [3.63, 3.8) is 0 Å². The Morgan fingerprint density at radius 3 is 2.80 bits per heavy atom. The number of anilines is 2. The predicted molar refractivity (Wildman–Crippen MR) is 101 cm³/mol. The first-order chi connectivity index (χ1) is 12.1. The number of thioether (sulfide) groups is 1. The molecule has 0 aliphatic rings. The molecule has 1 N–H and O–H groups in total. The molecule has 1 unspecified atom stereocenters. The van der Waals surface area contributed by atoms with Gasteiger partial charge in [0.15, 0.2) is 4.34 Å². The molecule has 1 aromatic carbocycles. The minimum absolute atomic E-state index is 0.0245. The van der Waals surface area contributed by atoms with Crippen molar-refractivity contribution >= 4 is 39.8 Å². The van der Waals surface area contributed by atoms with E-state index in [1.54, 1.807) is 18.2 Å². The van der Waals surface area contributed by atoms with Gasteiger partial charge in [-0.1, -0.05) is 41.3 Å². The molecule has 0 saturated carbocycles. The van der Waals surface area contributed by atoms with E-state index in [0.717, 1.165) is 15.8 Å². The summed E-state index contributed by atoms with van der Waals surface area (Å²) in [6, 6.07) is 13.3. The van der Waals surface area contributed by atoms with E-state index in [9.17, 15) is 4.79 Å². The zero-order valence-electron chi connectivity index (χ0n) is 13.9. The number of carbonyl (C=O) groups is 1. The van der Waals surface area contributed by atoms with Crippen LogP contribution in [-0.2, 0) is 11.3 Å². The summed E-state index contributed by atoms with van der Waals surface area (Å²) in [4.78, 5) is 14.2. The molecule has 1 atom stereocenters. The van der Waals surface area contributed by atoms with E-state index < -0.39 is 0 Å². The van der Waals surface area contributed by atoms with Crippen molar-refractivity contribution in [3.8, 4) is 0 Å². The van der Waals surface area contributed by atoms with E-state index in [4.69, 9.17) is 4.42 Å². The van der Waals surface area contributed by atoms with Crippen LogP contribution in [0, 0.1) is 0 Å². The molecule has 130 valence electrons. The number of carbonyl (C=O) groups excluding carboxylic acids is 1. The van der Waals surface area contributed by atoms with Crippen LogP contribution in [0.2, 0.25) is 0 Å². The summed E-state index contributed by atoms with van der Waals surface area (Å²) in [5.41, 5.74) is 0.873. The van der Waals surface area contributed by atoms with E-state index in [1.807, 2.05) is 49.4 Å². The summed E-state index contributed by atoms with van der Waals surface area (Å²) in [5.74, 6) is 0.855. The number of hydrogen-bond acceptors (Lipinski definition) is 7. The van der Waals surface area contributed by atoms with Crippen LogP contribution >= 0.6 is 23.1 Å². The van der Waals surface area contributed by atoms with Gasteiger partial charge in [0, 0.05) is 12.7 Å². The number of hydrogen-bond donors (Lipinski definition) is 1. The Hall–Kier alpha value is -2.32. The topological polar surface area (TPSA) is 71.3 Å². The third-order valence-electron chi connectivity index (χ3n) is 3.50. The quantitative estimate of drug-likeness (QED) is 0.633. The SMILES string of the molecule is CC(Sc1nnc(NCc2ccco2)s1)C(=O)N(C)c1ccccc1. The van der Waals surface area contributed by atoms with Gasteiger partial charge in [0.1, 0.15) is 5.76 Å². The van der Waals surface area contributed by atoms with Crippen molar-refractivity contribution in [2.75, 3.05) is 17.3 Å². The molecule has 6 nitrogen and oxygen atoms in total. The lowest BCUT2D eigenvalue weighted by Crippen LogP contribution is -2.33. The van der Waals surface area contributed by atoms with Gasteiger partial charge in [0.25, 0.3) is 0 Å². The molecular formula is C17H18N4O2S2. The highest BCUT2D eigenvalue weighted by Gasteiger charge is 2.21. The molecule has 0 aliphatic carbocycles. The van der Waals surface area contributed by atoms with Crippen molar-refractivity contribution in [1.29, 1.82) is 0 Å². The number of amides is 1. The van der Waals surface area contributed by atoms with Gasteiger partial charge >= 0.3 is 0 Å². The molecule has 0 bridgehead atoms. The second-order valence-corrected chi connectivity index (χ2v) is 7.86. The maximum absolute atomic E-state index is 12.6. The van der Waals surface area contributed by atoms with Crippen molar-refractivity contribution in [2.45, 2.75) is 23.1 Å². The second kappa shape index (κ2) is 8.17. The van der Waals surface area contributed by atoms with Gasteiger partial charge in [0.2, 0.25) is 11.0 Å². The highest BCUT2D eigenvalue weighted by Crippen LogP contribution is 2.30. The molecule has 0 aliphatic heterocycles. The van der Waals surface area contributed by atoms with Gasteiger partial charge in [-0.2, -0.15) is 0 Å². The molecule has 25 heavy (non-hydrogen) atoms. The molecule has 3 rings (SSSR count). The normalized spacial score (nSPS) is 11.9. The van der Waals surface area contributed by atoms with E-state index in [0.29, 0.717) is 11.7 Å². The third kappa shape index (κ3) is 4.61. The Bertz CT molecular complexity index is 805. The molecule has 8 heteroatoms. The number of benzene rings is 1. The number of nitrogens with zero attached hydrogens (tertiary/aromatic N) is 3. The predicted octanol–water partition coefficient (Wildman–Crippen LogP) is 3.89. The molecule has 0 spiro atoms. The highest BCUT2D eigenvalue weighted by atomic mass is 32.2. The van der Waals surface area contributed by atoms with Crippen LogP contribution in [0.5, 0.6) is 0 Å². The fourth-order valence-electron chi connectivity index (χ4n) is 2.16. The smallest absolute Gasteiger partial charge is 0.240 e. The van der Waals surface area contributed by atoms with Crippen LogP contribution in [0.4, 0.5) is 10.8 Å². The molecule has 0 saturated heterocycles. The average Bonchev–Trinajstić information content (AvgIpc) is 3.31. The van der Waals surface area contributed by atoms with E-state index in [-0.39, 0.29) is 11.2 Å². The number of furan rings is 1. The lowest BCUT2D eigenvalue weighted by molar-refractivity contribution is -0.117. The molecule has 2 heterocycles. The Balaban J connectivity index is 1.55. The fraction of sp³-hybridized carbons (Fsp3) is 0.235. The van der Waals surface area contributed by atoms with Gasteiger partial charge in [-0.05, 0) is 31.2 Å². The fourth-order valence-corrected chi connectivity index (χ4v) is 4.14. The van der Waals surface area contributed by atoms with Gasteiger partial charge in [-0.3, -0.25) is 4.79 Å². The largest absolute Gasteiger partial charge is 0.467 e.